The summed E-state index contributed by atoms with van der Waals surface area (Å²) < 4.78 is 14.7. The molecule has 0 amide bonds. The number of para-hydroxylation sites is 1. The summed E-state index contributed by atoms with van der Waals surface area (Å²) in [6.07, 6.45) is 0. The first-order valence-corrected chi connectivity index (χ1v) is 10.8. The van der Waals surface area contributed by atoms with E-state index in [0.29, 0.717) is 15.8 Å². The van der Waals surface area contributed by atoms with Crippen LogP contribution in [0.5, 0.6) is 0 Å². The molecular weight excluding hydrogens is 413 g/mol. The second-order valence-corrected chi connectivity index (χ2v) is 8.12. The third kappa shape index (κ3) is 4.72. The minimum Gasteiger partial charge on any atom is -0.332 e. The Morgan fingerprint density at radius 2 is 1.67 bits per heavy atom. The van der Waals surface area contributed by atoms with Crippen molar-refractivity contribution in [3.63, 3.8) is 0 Å². The van der Waals surface area contributed by atoms with E-state index in [1.165, 1.54) is 11.3 Å². The second-order valence-electron chi connectivity index (χ2n) is 6.85. The van der Waals surface area contributed by atoms with Gasteiger partial charge in [0.2, 0.25) is 0 Å². The van der Waals surface area contributed by atoms with Crippen LogP contribution in [0.4, 0.5) is 15.2 Å². The first-order chi connectivity index (χ1) is 14.6. The van der Waals surface area contributed by atoms with Gasteiger partial charge in [-0.3, -0.25) is 0 Å². The van der Waals surface area contributed by atoms with E-state index in [0.717, 1.165) is 22.5 Å². The van der Waals surface area contributed by atoms with Crippen molar-refractivity contribution < 1.29 is 4.39 Å². The number of nitrogens with one attached hydrogen (secondary N) is 2. The number of anilines is 2. The highest BCUT2D eigenvalue weighted by Crippen LogP contribution is 2.31. The molecule has 30 heavy (non-hydrogen) atoms. The van der Waals surface area contributed by atoms with E-state index in [4.69, 9.17) is 12.2 Å². The molecule has 0 saturated heterocycles. The first-order valence-electron chi connectivity index (χ1n) is 9.53. The third-order valence-electron chi connectivity index (χ3n) is 4.80. The number of aromatic nitrogens is 1. The van der Waals surface area contributed by atoms with Crippen molar-refractivity contribution >= 4 is 39.5 Å². The fourth-order valence-electron chi connectivity index (χ4n) is 3.15. The van der Waals surface area contributed by atoms with E-state index >= 15 is 0 Å². The Bertz CT molecular complexity index is 1140. The molecule has 1 unspecified atom stereocenters. The number of rotatable bonds is 5. The van der Waals surface area contributed by atoms with Crippen LogP contribution in [0, 0.1) is 5.82 Å². The molecule has 1 heterocycles. The summed E-state index contributed by atoms with van der Waals surface area (Å²) in [7, 11) is 0. The van der Waals surface area contributed by atoms with Crippen LogP contribution < -0.4 is 10.6 Å². The van der Waals surface area contributed by atoms with Crippen LogP contribution in [0.1, 0.15) is 24.1 Å². The Morgan fingerprint density at radius 1 is 0.967 bits per heavy atom. The average molecular weight is 434 g/mol. The van der Waals surface area contributed by atoms with Crippen molar-refractivity contribution in [3.05, 3.63) is 101 Å². The minimum absolute atomic E-state index is 0.0354. The summed E-state index contributed by atoms with van der Waals surface area (Å²) in [6, 6.07) is 24.7. The smallest absolute Gasteiger partial charge is 0.189 e. The van der Waals surface area contributed by atoms with Crippen molar-refractivity contribution in [2.24, 2.45) is 0 Å². The molecular formula is C24H20FN3S2. The highest BCUT2D eigenvalue weighted by atomic mass is 32.1. The summed E-state index contributed by atoms with van der Waals surface area (Å²) in [5.41, 5.74) is 4.14. The van der Waals surface area contributed by atoms with Gasteiger partial charge in [-0.15, -0.1) is 11.3 Å². The molecule has 0 fully saturated rings. The first kappa shape index (κ1) is 20.2. The van der Waals surface area contributed by atoms with Crippen LogP contribution >= 0.6 is 23.6 Å². The number of benzene rings is 3. The number of thiazole rings is 1. The topological polar surface area (TPSA) is 37.0 Å². The molecule has 0 aliphatic heterocycles. The van der Waals surface area contributed by atoms with E-state index in [9.17, 15) is 4.39 Å². The van der Waals surface area contributed by atoms with Crippen LogP contribution in [0.2, 0.25) is 0 Å². The zero-order valence-electron chi connectivity index (χ0n) is 16.3. The molecule has 0 bridgehead atoms. The molecule has 0 saturated carbocycles. The van der Waals surface area contributed by atoms with Gasteiger partial charge < -0.3 is 10.6 Å². The maximum Gasteiger partial charge on any atom is 0.189 e. The van der Waals surface area contributed by atoms with Gasteiger partial charge >= 0.3 is 0 Å². The highest BCUT2D eigenvalue weighted by molar-refractivity contribution is 7.80. The molecule has 0 aliphatic carbocycles. The molecule has 4 rings (SSSR count). The molecule has 4 aromatic rings. The lowest BCUT2D eigenvalue weighted by Gasteiger charge is -2.12. The van der Waals surface area contributed by atoms with Gasteiger partial charge in [0, 0.05) is 22.5 Å². The van der Waals surface area contributed by atoms with Crippen LogP contribution in [0.3, 0.4) is 0 Å². The van der Waals surface area contributed by atoms with Gasteiger partial charge in [0.05, 0.1) is 5.69 Å². The van der Waals surface area contributed by atoms with Crippen molar-refractivity contribution in [1.29, 1.82) is 0 Å². The number of hydrogen-bond acceptors (Lipinski definition) is 3. The van der Waals surface area contributed by atoms with Crippen LogP contribution in [-0.2, 0) is 0 Å². The molecule has 0 radical (unpaired) electrons. The lowest BCUT2D eigenvalue weighted by atomic mass is 9.95. The van der Waals surface area contributed by atoms with Gasteiger partial charge in [-0.2, -0.15) is 0 Å². The molecule has 0 aliphatic rings. The monoisotopic (exact) mass is 433 g/mol. The SMILES string of the molecule is CC(c1ccc(-c2ccccc2)c(F)c1)c1csc(NC(=S)Nc2ccccc2)n1. The highest BCUT2D eigenvalue weighted by Gasteiger charge is 2.15. The Balaban J connectivity index is 1.45. The van der Waals surface area contributed by atoms with E-state index in [-0.39, 0.29) is 11.7 Å². The number of hydrogen-bond donors (Lipinski definition) is 2. The predicted octanol–water partition coefficient (Wildman–Crippen LogP) is 6.91. The van der Waals surface area contributed by atoms with Crippen LogP contribution in [0.15, 0.2) is 84.2 Å². The van der Waals surface area contributed by atoms with E-state index < -0.39 is 0 Å². The van der Waals surface area contributed by atoms with Gasteiger partial charge in [-0.1, -0.05) is 67.6 Å². The summed E-state index contributed by atoms with van der Waals surface area (Å²) in [5.74, 6) is -0.265. The molecule has 1 atom stereocenters. The van der Waals surface area contributed by atoms with E-state index in [1.807, 2.05) is 85.1 Å². The minimum atomic E-state index is -0.229. The second kappa shape index (κ2) is 9.15. The Kier molecular flexibility index (Phi) is 6.16. The van der Waals surface area contributed by atoms with Crippen molar-refractivity contribution in [2.45, 2.75) is 12.8 Å². The summed E-state index contributed by atoms with van der Waals surface area (Å²) in [4.78, 5) is 4.64. The zero-order chi connectivity index (χ0) is 20.9. The molecule has 0 spiro atoms. The van der Waals surface area contributed by atoms with Crippen molar-refractivity contribution in [2.75, 3.05) is 10.6 Å². The number of halogens is 1. The number of nitrogens with zero attached hydrogens (tertiary/aromatic N) is 1. The molecule has 3 aromatic carbocycles. The molecule has 1 aromatic heterocycles. The Hall–Kier alpha value is -3.09. The summed E-state index contributed by atoms with van der Waals surface area (Å²) in [5, 5.41) is 9.39. The quantitative estimate of drug-likeness (QED) is 0.335. The standard InChI is InChI=1S/C24H20FN3S2/c1-16(18-12-13-20(21(25)14-18)17-8-4-2-5-9-17)22-15-30-24(27-22)28-23(29)26-19-10-6-3-7-11-19/h2-16H,1H3,(H2,26,27,28,29). The average Bonchev–Trinajstić information content (AvgIpc) is 3.22. The Morgan fingerprint density at radius 3 is 2.37 bits per heavy atom. The number of thiocarbonyl (C=S) groups is 1. The van der Waals surface area contributed by atoms with E-state index in [2.05, 4.69) is 15.6 Å². The van der Waals surface area contributed by atoms with Gasteiger partial charge in [-0.05, 0) is 41.5 Å². The lowest BCUT2D eigenvalue weighted by molar-refractivity contribution is 0.627. The van der Waals surface area contributed by atoms with Gasteiger partial charge in [0.25, 0.3) is 0 Å². The van der Waals surface area contributed by atoms with Gasteiger partial charge in [-0.25, -0.2) is 9.37 Å². The third-order valence-corrected chi connectivity index (χ3v) is 5.78. The normalized spacial score (nSPS) is 11.7. The van der Waals surface area contributed by atoms with Gasteiger partial charge in [0.1, 0.15) is 5.82 Å². The van der Waals surface area contributed by atoms with Crippen molar-refractivity contribution in [1.82, 2.24) is 4.98 Å². The predicted molar refractivity (Wildman–Crippen MR) is 128 cm³/mol. The molecule has 2 N–H and O–H groups in total. The summed E-state index contributed by atoms with van der Waals surface area (Å²) >= 11 is 6.83. The van der Waals surface area contributed by atoms with Crippen molar-refractivity contribution in [3.8, 4) is 11.1 Å². The van der Waals surface area contributed by atoms with Crippen LogP contribution in [0.25, 0.3) is 11.1 Å². The van der Waals surface area contributed by atoms with Gasteiger partial charge in [0.15, 0.2) is 10.2 Å². The molecule has 3 nitrogen and oxygen atoms in total. The maximum absolute atomic E-state index is 14.7. The fraction of sp³-hybridized carbons (Fsp3) is 0.0833. The summed E-state index contributed by atoms with van der Waals surface area (Å²) in [6.45, 7) is 2.02. The largest absolute Gasteiger partial charge is 0.332 e. The fourth-order valence-corrected chi connectivity index (χ4v) is 4.23. The Labute approximate surface area is 184 Å². The zero-order valence-corrected chi connectivity index (χ0v) is 17.9. The maximum atomic E-state index is 14.7. The molecule has 150 valence electrons. The van der Waals surface area contributed by atoms with E-state index in [1.54, 1.807) is 6.07 Å². The van der Waals surface area contributed by atoms with Crippen LogP contribution in [-0.4, -0.2) is 10.1 Å². The lowest BCUT2D eigenvalue weighted by Crippen LogP contribution is -2.18. The molecule has 6 heteroatoms.